The molecule has 0 radical (unpaired) electrons. The molecule has 1 aliphatic heterocycles. The number of ether oxygens (including phenoxy) is 1. The number of carbonyl (C=O) groups is 1. The van der Waals surface area contributed by atoms with Crippen molar-refractivity contribution in [2.24, 2.45) is 0 Å². The number of hydrogen-bond acceptors (Lipinski definition) is 6. The van der Waals surface area contributed by atoms with E-state index in [9.17, 15) is 18.4 Å². The van der Waals surface area contributed by atoms with Gasteiger partial charge in [0, 0.05) is 10.6 Å². The first-order valence-corrected chi connectivity index (χ1v) is 12.3. The molecule has 1 amide bonds. The lowest BCUT2D eigenvalue weighted by molar-refractivity contribution is -0.162. The zero-order valence-electron chi connectivity index (χ0n) is 16.1. The van der Waals surface area contributed by atoms with Crippen LogP contribution in [0.1, 0.15) is 24.0 Å². The van der Waals surface area contributed by atoms with E-state index >= 15 is 0 Å². The van der Waals surface area contributed by atoms with E-state index in [2.05, 4.69) is 12.2 Å². The number of thioether (sulfide) groups is 1. The molecule has 2 aliphatic rings. The molecule has 6 nitrogen and oxygen atoms in total. The highest BCUT2D eigenvalue weighted by Gasteiger charge is 2.25. The van der Waals surface area contributed by atoms with Crippen LogP contribution in [0.2, 0.25) is 0 Å². The second-order valence-corrected chi connectivity index (χ2v) is 10.2. The third-order valence-electron chi connectivity index (χ3n) is 4.67. The fraction of sp³-hybridized carbons (Fsp3) is 0.381. The average Bonchev–Trinajstić information content (AvgIpc) is 2.72. The Balaban J connectivity index is 1.61. The maximum atomic E-state index is 12.7. The number of rotatable bonds is 10. The van der Waals surface area contributed by atoms with Crippen molar-refractivity contribution in [3.8, 4) is 0 Å². The molecule has 0 aromatic heterocycles. The third kappa shape index (κ3) is 6.57. The minimum atomic E-state index is -3.57. The minimum Gasteiger partial charge on any atom is -0.375 e. The van der Waals surface area contributed by atoms with Gasteiger partial charge in [-0.15, -0.1) is 11.8 Å². The summed E-state index contributed by atoms with van der Waals surface area (Å²) in [6.07, 6.45) is 12.3. The normalized spacial score (nSPS) is 16.8. The van der Waals surface area contributed by atoms with Crippen molar-refractivity contribution in [1.82, 2.24) is 5.06 Å². The Kier molecular flexibility index (Phi) is 7.71. The Morgan fingerprint density at radius 3 is 2.86 bits per heavy atom. The van der Waals surface area contributed by atoms with E-state index in [1.54, 1.807) is 11.8 Å². The van der Waals surface area contributed by atoms with Crippen LogP contribution < -0.4 is 0 Å². The molecule has 29 heavy (non-hydrogen) atoms. The Labute approximate surface area is 175 Å². The fourth-order valence-corrected chi connectivity index (χ4v) is 5.71. The molecule has 0 saturated carbocycles. The standard InChI is InChI=1S/C21H25NO5S2/c23-16-22(24)20(13-27-12-17-5-2-1-3-6-17)15-29(25,26)14-18-8-9-21-19(11-18)7-4-10-28-21/h2,4-9,11,16,20,24H,1,3,10,12-15H2/t20-/m0/s1. The lowest BCUT2D eigenvalue weighted by Gasteiger charge is -2.23. The molecule has 1 aromatic rings. The van der Waals surface area contributed by atoms with E-state index in [0.717, 1.165) is 34.6 Å². The number of nitrogens with zero attached hydrogens (tertiary/aromatic N) is 1. The number of carbonyl (C=O) groups excluding carboxylic acids is 1. The van der Waals surface area contributed by atoms with Crippen molar-refractivity contribution in [1.29, 1.82) is 0 Å². The van der Waals surface area contributed by atoms with Gasteiger partial charge < -0.3 is 4.74 Å². The first kappa shape index (κ1) is 21.8. The van der Waals surface area contributed by atoms with Crippen LogP contribution in [0.3, 0.4) is 0 Å². The third-order valence-corrected chi connectivity index (χ3v) is 7.38. The predicted octanol–water partition coefficient (Wildman–Crippen LogP) is 3.23. The van der Waals surface area contributed by atoms with Crippen molar-refractivity contribution in [2.75, 3.05) is 24.7 Å². The SMILES string of the molecule is O=CN(O)[C@@H](COCC1=CCCC=C1)CS(=O)(=O)Cc1ccc2c(c1)C=CCS2. The van der Waals surface area contributed by atoms with E-state index in [1.807, 2.05) is 36.4 Å². The van der Waals surface area contributed by atoms with E-state index in [4.69, 9.17) is 4.74 Å². The Morgan fingerprint density at radius 1 is 1.24 bits per heavy atom. The van der Waals surface area contributed by atoms with Crippen molar-refractivity contribution in [2.45, 2.75) is 29.5 Å². The van der Waals surface area contributed by atoms with Gasteiger partial charge in [0.2, 0.25) is 6.41 Å². The van der Waals surface area contributed by atoms with Crippen LogP contribution in [0.4, 0.5) is 0 Å². The van der Waals surface area contributed by atoms with E-state index in [1.165, 1.54) is 0 Å². The second-order valence-electron chi connectivity index (χ2n) is 7.05. The summed E-state index contributed by atoms with van der Waals surface area (Å²) in [6.45, 7) is 0.248. The molecule has 1 aliphatic carbocycles. The molecule has 8 heteroatoms. The van der Waals surface area contributed by atoms with Crippen LogP contribution in [-0.4, -0.2) is 55.9 Å². The van der Waals surface area contributed by atoms with Gasteiger partial charge in [0.15, 0.2) is 9.84 Å². The van der Waals surface area contributed by atoms with Gasteiger partial charge in [-0.1, -0.05) is 36.4 Å². The molecular formula is C21H25NO5S2. The Hall–Kier alpha value is -1.87. The van der Waals surface area contributed by atoms with Gasteiger partial charge in [-0.05, 0) is 41.7 Å². The molecule has 0 saturated heterocycles. The van der Waals surface area contributed by atoms with Crippen molar-refractivity contribution in [3.05, 3.63) is 59.2 Å². The molecule has 1 N–H and O–H groups in total. The smallest absolute Gasteiger partial charge is 0.233 e. The number of amides is 1. The van der Waals surface area contributed by atoms with E-state index < -0.39 is 15.9 Å². The molecule has 3 rings (SSSR count). The lowest BCUT2D eigenvalue weighted by Crippen LogP contribution is -2.41. The Morgan fingerprint density at radius 2 is 2.10 bits per heavy atom. The van der Waals surface area contributed by atoms with Crippen molar-refractivity contribution in [3.63, 3.8) is 0 Å². The fourth-order valence-electron chi connectivity index (χ4n) is 3.24. The number of hydroxylamine groups is 2. The zero-order valence-corrected chi connectivity index (χ0v) is 17.7. The van der Waals surface area contributed by atoms with Crippen LogP contribution in [-0.2, 0) is 25.1 Å². The quantitative estimate of drug-likeness (QED) is 0.345. The van der Waals surface area contributed by atoms with Crippen LogP contribution in [0.25, 0.3) is 6.08 Å². The van der Waals surface area contributed by atoms with Gasteiger partial charge in [0.05, 0.1) is 30.8 Å². The summed E-state index contributed by atoms with van der Waals surface area (Å²) in [5.74, 6) is 0.381. The molecule has 156 valence electrons. The number of fused-ring (bicyclic) bond motifs is 1. The monoisotopic (exact) mass is 435 g/mol. The van der Waals surface area contributed by atoms with E-state index in [0.29, 0.717) is 17.2 Å². The van der Waals surface area contributed by atoms with Gasteiger partial charge >= 0.3 is 0 Å². The first-order chi connectivity index (χ1) is 14.0. The second kappa shape index (κ2) is 10.2. The van der Waals surface area contributed by atoms with Crippen LogP contribution in [0.5, 0.6) is 0 Å². The van der Waals surface area contributed by atoms with Gasteiger partial charge in [-0.25, -0.2) is 13.5 Å². The highest BCUT2D eigenvalue weighted by molar-refractivity contribution is 7.99. The first-order valence-electron chi connectivity index (χ1n) is 9.45. The topological polar surface area (TPSA) is 83.9 Å². The highest BCUT2D eigenvalue weighted by atomic mass is 32.2. The van der Waals surface area contributed by atoms with Crippen LogP contribution in [0.15, 0.2) is 53.0 Å². The predicted molar refractivity (Wildman–Crippen MR) is 114 cm³/mol. The summed E-state index contributed by atoms with van der Waals surface area (Å²) in [6, 6.07) is 4.66. The molecule has 0 unspecified atom stereocenters. The molecule has 1 aromatic carbocycles. The molecule has 1 atom stereocenters. The van der Waals surface area contributed by atoms with Crippen LogP contribution >= 0.6 is 11.8 Å². The average molecular weight is 436 g/mol. The summed E-state index contributed by atoms with van der Waals surface area (Å²) in [5.41, 5.74) is 2.71. The van der Waals surface area contributed by atoms with Crippen molar-refractivity contribution < 1.29 is 23.2 Å². The van der Waals surface area contributed by atoms with Crippen molar-refractivity contribution >= 4 is 34.1 Å². The largest absolute Gasteiger partial charge is 0.375 e. The molecule has 0 spiro atoms. The number of allylic oxidation sites excluding steroid dienone is 2. The molecule has 1 heterocycles. The molecule has 0 bridgehead atoms. The summed E-state index contributed by atoms with van der Waals surface area (Å²) >= 11 is 1.71. The van der Waals surface area contributed by atoms with Gasteiger partial charge in [-0.2, -0.15) is 0 Å². The molecule has 0 fully saturated rings. The minimum absolute atomic E-state index is 0.0663. The van der Waals surface area contributed by atoms with Gasteiger partial charge in [0.1, 0.15) is 0 Å². The number of hydrogen-bond donors (Lipinski definition) is 1. The summed E-state index contributed by atoms with van der Waals surface area (Å²) < 4.78 is 31.0. The highest BCUT2D eigenvalue weighted by Crippen LogP contribution is 2.29. The number of benzene rings is 1. The maximum Gasteiger partial charge on any atom is 0.233 e. The van der Waals surface area contributed by atoms with Gasteiger partial charge in [0.25, 0.3) is 0 Å². The summed E-state index contributed by atoms with van der Waals surface area (Å²) in [5, 5.41) is 10.2. The summed E-state index contributed by atoms with van der Waals surface area (Å²) in [4.78, 5) is 12.1. The number of sulfone groups is 1. The van der Waals surface area contributed by atoms with Crippen LogP contribution in [0, 0.1) is 0 Å². The maximum absolute atomic E-state index is 12.7. The zero-order chi connectivity index (χ0) is 20.7. The van der Waals surface area contributed by atoms with E-state index in [-0.39, 0.29) is 24.5 Å². The van der Waals surface area contributed by atoms with Gasteiger partial charge in [-0.3, -0.25) is 10.0 Å². The Bertz CT molecular complexity index is 921. The lowest BCUT2D eigenvalue weighted by atomic mass is 10.1. The molecular weight excluding hydrogens is 410 g/mol. The summed E-state index contributed by atoms with van der Waals surface area (Å²) in [7, 11) is -3.57.